The fourth-order valence-corrected chi connectivity index (χ4v) is 4.54. The molecule has 4 rings (SSSR count). The van der Waals surface area contributed by atoms with Crippen LogP contribution in [-0.4, -0.2) is 36.8 Å². The number of amides is 1. The second-order valence-electron chi connectivity index (χ2n) is 7.68. The number of aromatic nitrogens is 1. The van der Waals surface area contributed by atoms with Crippen molar-refractivity contribution in [3.63, 3.8) is 0 Å². The molecule has 2 aliphatic rings. The second-order valence-corrected chi connectivity index (χ2v) is 7.68. The zero-order valence-corrected chi connectivity index (χ0v) is 15.6. The first-order chi connectivity index (χ1) is 12.7. The maximum absolute atomic E-state index is 12.4. The highest BCUT2D eigenvalue weighted by Crippen LogP contribution is 2.38. The van der Waals surface area contributed by atoms with E-state index in [2.05, 4.69) is 35.6 Å². The van der Waals surface area contributed by atoms with Crippen LogP contribution in [0.3, 0.4) is 0 Å². The fraction of sp³-hybridized carbons (Fsp3) is 0.571. The van der Waals surface area contributed by atoms with E-state index in [1.54, 1.807) is 7.11 Å². The van der Waals surface area contributed by atoms with Crippen LogP contribution in [0.5, 0.6) is 5.75 Å². The van der Waals surface area contributed by atoms with Crippen LogP contribution in [0.1, 0.15) is 55.6 Å². The van der Waals surface area contributed by atoms with Crippen LogP contribution >= 0.6 is 0 Å². The van der Waals surface area contributed by atoms with Gasteiger partial charge in [-0.1, -0.05) is 6.42 Å². The van der Waals surface area contributed by atoms with E-state index in [1.165, 1.54) is 22.0 Å². The van der Waals surface area contributed by atoms with Gasteiger partial charge in [-0.25, -0.2) is 0 Å². The Morgan fingerprint density at radius 2 is 2.15 bits per heavy atom. The maximum atomic E-state index is 12.4. The molecule has 1 saturated heterocycles. The molecule has 1 amide bonds. The van der Waals surface area contributed by atoms with Crippen molar-refractivity contribution >= 4 is 16.8 Å². The maximum Gasteiger partial charge on any atom is 0.249 e. The molecule has 0 bridgehead atoms. The zero-order valence-electron chi connectivity index (χ0n) is 15.6. The van der Waals surface area contributed by atoms with E-state index in [0.717, 1.165) is 44.3 Å². The predicted octanol–water partition coefficient (Wildman–Crippen LogP) is 3.81. The fourth-order valence-electron chi connectivity index (χ4n) is 4.54. The summed E-state index contributed by atoms with van der Waals surface area (Å²) in [5.74, 6) is 1.43. The van der Waals surface area contributed by atoms with Gasteiger partial charge in [0.15, 0.2) is 0 Å². The highest BCUT2D eigenvalue weighted by molar-refractivity contribution is 5.88. The summed E-state index contributed by atoms with van der Waals surface area (Å²) < 4.78 is 11.0. The van der Waals surface area contributed by atoms with Gasteiger partial charge in [0.05, 0.1) is 7.11 Å². The Labute approximate surface area is 154 Å². The van der Waals surface area contributed by atoms with Crippen LogP contribution in [0.25, 0.3) is 10.9 Å². The average molecular weight is 356 g/mol. The normalized spacial score (nSPS) is 26.2. The minimum atomic E-state index is -0.240. The third-order valence-electron chi connectivity index (χ3n) is 5.91. The second kappa shape index (κ2) is 7.31. The Bertz CT molecular complexity index is 792. The van der Waals surface area contributed by atoms with Crippen LogP contribution in [0, 0.1) is 6.92 Å². The summed E-state index contributed by atoms with van der Waals surface area (Å²) >= 11 is 0. The number of hydrogen-bond acceptors (Lipinski definition) is 3. The minimum Gasteiger partial charge on any atom is -0.497 e. The molecular weight excluding hydrogens is 328 g/mol. The number of H-pyrrole nitrogens is 1. The lowest BCUT2D eigenvalue weighted by Crippen LogP contribution is -2.43. The molecule has 0 unspecified atom stereocenters. The third kappa shape index (κ3) is 3.32. The lowest BCUT2D eigenvalue weighted by Gasteiger charge is -2.30. The van der Waals surface area contributed by atoms with Crippen molar-refractivity contribution < 1.29 is 14.3 Å². The van der Waals surface area contributed by atoms with E-state index < -0.39 is 0 Å². The highest BCUT2D eigenvalue weighted by atomic mass is 16.5. The van der Waals surface area contributed by atoms with Crippen molar-refractivity contribution in [1.82, 2.24) is 10.3 Å². The molecule has 1 aromatic heterocycles. The summed E-state index contributed by atoms with van der Waals surface area (Å²) in [6, 6.07) is 4.43. The number of methoxy groups -OCH3 is 1. The van der Waals surface area contributed by atoms with Gasteiger partial charge in [-0.2, -0.15) is 0 Å². The van der Waals surface area contributed by atoms with E-state index in [0.29, 0.717) is 12.5 Å². The lowest BCUT2D eigenvalue weighted by atomic mass is 9.81. The van der Waals surface area contributed by atoms with Crippen molar-refractivity contribution in [2.24, 2.45) is 0 Å². The first kappa shape index (κ1) is 17.4. The third-order valence-corrected chi connectivity index (χ3v) is 5.91. The number of benzene rings is 1. The van der Waals surface area contributed by atoms with Gasteiger partial charge in [0.2, 0.25) is 5.91 Å². The molecule has 0 spiro atoms. The van der Waals surface area contributed by atoms with Gasteiger partial charge in [-0.15, -0.1) is 0 Å². The molecule has 2 fully saturated rings. The molecule has 5 nitrogen and oxygen atoms in total. The Kier molecular flexibility index (Phi) is 4.90. The quantitative estimate of drug-likeness (QED) is 0.876. The molecule has 1 saturated carbocycles. The van der Waals surface area contributed by atoms with E-state index in [-0.39, 0.29) is 18.1 Å². The van der Waals surface area contributed by atoms with E-state index >= 15 is 0 Å². The molecular formula is C21H28N2O3. The number of hydrogen-bond donors (Lipinski definition) is 2. The number of ether oxygens (including phenoxy) is 2. The Hall–Kier alpha value is -2.01. The van der Waals surface area contributed by atoms with Gasteiger partial charge in [-0.05, 0) is 68.2 Å². The SMILES string of the molecule is COc1cc(C)c2[nH]cc([C@H]3CCC[C@H](NC(=O)[C@@H]4CCCO4)C3)c2c1. The number of carbonyl (C=O) groups is 1. The number of aromatic amines is 1. The smallest absolute Gasteiger partial charge is 0.249 e. The van der Waals surface area contributed by atoms with Crippen molar-refractivity contribution in [2.45, 2.75) is 63.5 Å². The van der Waals surface area contributed by atoms with Crippen molar-refractivity contribution in [3.8, 4) is 5.75 Å². The van der Waals surface area contributed by atoms with Crippen LogP contribution < -0.4 is 10.1 Å². The van der Waals surface area contributed by atoms with Crippen molar-refractivity contribution in [2.75, 3.05) is 13.7 Å². The van der Waals surface area contributed by atoms with E-state index in [9.17, 15) is 4.79 Å². The molecule has 3 atom stereocenters. The average Bonchev–Trinajstić information content (AvgIpc) is 3.32. The Morgan fingerprint density at radius 1 is 1.27 bits per heavy atom. The van der Waals surface area contributed by atoms with E-state index in [1.807, 2.05) is 0 Å². The number of rotatable bonds is 4. The summed E-state index contributed by atoms with van der Waals surface area (Å²) in [6.07, 6.45) is 8.08. The van der Waals surface area contributed by atoms with Gasteiger partial charge in [0.25, 0.3) is 0 Å². The predicted molar refractivity (Wildman–Crippen MR) is 102 cm³/mol. The minimum absolute atomic E-state index is 0.0737. The van der Waals surface area contributed by atoms with Crippen LogP contribution in [-0.2, 0) is 9.53 Å². The summed E-state index contributed by atoms with van der Waals surface area (Å²) in [5, 5.41) is 4.48. The molecule has 2 heterocycles. The number of nitrogens with one attached hydrogen (secondary N) is 2. The Balaban J connectivity index is 1.51. The molecule has 1 aromatic carbocycles. The van der Waals surface area contributed by atoms with Crippen molar-refractivity contribution in [3.05, 3.63) is 29.5 Å². The van der Waals surface area contributed by atoms with Crippen LogP contribution in [0.2, 0.25) is 0 Å². The number of fused-ring (bicyclic) bond motifs is 1. The summed E-state index contributed by atoms with van der Waals surface area (Å²) in [6.45, 7) is 2.82. The van der Waals surface area contributed by atoms with Gasteiger partial charge >= 0.3 is 0 Å². The molecule has 1 aliphatic heterocycles. The summed E-state index contributed by atoms with van der Waals surface area (Å²) in [7, 11) is 1.71. The van der Waals surface area contributed by atoms with Crippen LogP contribution in [0.15, 0.2) is 18.3 Å². The van der Waals surface area contributed by atoms with Crippen molar-refractivity contribution in [1.29, 1.82) is 0 Å². The summed E-state index contributed by atoms with van der Waals surface area (Å²) in [5.41, 5.74) is 3.73. The van der Waals surface area contributed by atoms with E-state index in [4.69, 9.17) is 9.47 Å². The van der Waals surface area contributed by atoms with Gasteiger partial charge in [0, 0.05) is 29.7 Å². The summed E-state index contributed by atoms with van der Waals surface area (Å²) in [4.78, 5) is 15.8. The van der Waals surface area contributed by atoms with Gasteiger partial charge < -0.3 is 19.8 Å². The molecule has 5 heteroatoms. The monoisotopic (exact) mass is 356 g/mol. The van der Waals surface area contributed by atoms with Crippen LogP contribution in [0.4, 0.5) is 0 Å². The molecule has 26 heavy (non-hydrogen) atoms. The first-order valence-corrected chi connectivity index (χ1v) is 9.73. The first-order valence-electron chi connectivity index (χ1n) is 9.73. The number of aryl methyl sites for hydroxylation is 1. The van der Waals surface area contributed by atoms with Gasteiger partial charge in [-0.3, -0.25) is 4.79 Å². The lowest BCUT2D eigenvalue weighted by molar-refractivity contribution is -0.131. The number of carbonyl (C=O) groups excluding carboxylic acids is 1. The zero-order chi connectivity index (χ0) is 18.1. The molecule has 140 valence electrons. The highest BCUT2D eigenvalue weighted by Gasteiger charge is 2.30. The molecule has 2 N–H and O–H groups in total. The largest absolute Gasteiger partial charge is 0.497 e. The molecule has 1 aliphatic carbocycles. The standard InChI is InChI=1S/C21H28N2O3/c1-13-9-16(25-2)11-17-18(12-22-20(13)17)14-5-3-6-15(10-14)23-21(24)19-7-4-8-26-19/h9,11-12,14-15,19,22H,3-8,10H2,1-2H3,(H,23,24)/t14-,15-,19-/m0/s1. The molecule has 0 radical (unpaired) electrons. The topological polar surface area (TPSA) is 63.3 Å². The molecule has 2 aromatic rings. The van der Waals surface area contributed by atoms with Gasteiger partial charge in [0.1, 0.15) is 11.9 Å². The Morgan fingerprint density at radius 3 is 2.92 bits per heavy atom.